The molecule has 0 radical (unpaired) electrons. The predicted molar refractivity (Wildman–Crippen MR) is 107 cm³/mol. The molecule has 0 aliphatic rings. The van der Waals surface area contributed by atoms with Crippen LogP contribution in [0.25, 0.3) is 11.5 Å². The summed E-state index contributed by atoms with van der Waals surface area (Å²) in [5.74, 6) is -1.14. The summed E-state index contributed by atoms with van der Waals surface area (Å²) >= 11 is 1.61. The molecular formula is C20H19N3O5S. The number of hydrogen-bond acceptors (Lipinski definition) is 7. The lowest BCUT2D eigenvalue weighted by molar-refractivity contribution is -0.149. The lowest BCUT2D eigenvalue weighted by atomic mass is 10.2. The lowest BCUT2D eigenvalue weighted by Crippen LogP contribution is -2.32. The predicted octanol–water partition coefficient (Wildman–Crippen LogP) is 1.95. The fraction of sp³-hybridized carbons (Fsp3) is 0.200. The summed E-state index contributed by atoms with van der Waals surface area (Å²) in [4.78, 5) is 36.6. The Morgan fingerprint density at radius 2 is 1.76 bits per heavy atom. The average Bonchev–Trinajstić information content (AvgIpc) is 3.11. The number of nitrogens with zero attached hydrogens (tertiary/aromatic N) is 2. The zero-order valence-electron chi connectivity index (χ0n) is 15.4. The van der Waals surface area contributed by atoms with Crippen LogP contribution >= 0.6 is 11.8 Å². The van der Waals surface area contributed by atoms with Crippen molar-refractivity contribution in [2.75, 3.05) is 18.9 Å². The van der Waals surface area contributed by atoms with Crippen molar-refractivity contribution in [1.82, 2.24) is 15.1 Å². The molecule has 0 saturated carbocycles. The van der Waals surface area contributed by atoms with Gasteiger partial charge in [-0.15, -0.1) is 16.9 Å². The molecule has 0 fully saturated rings. The second-order valence-electron chi connectivity index (χ2n) is 5.87. The van der Waals surface area contributed by atoms with E-state index >= 15 is 0 Å². The summed E-state index contributed by atoms with van der Waals surface area (Å²) in [7, 11) is 0. The van der Waals surface area contributed by atoms with Crippen molar-refractivity contribution >= 4 is 23.6 Å². The van der Waals surface area contributed by atoms with Gasteiger partial charge in [0.15, 0.2) is 6.61 Å². The number of rotatable bonds is 9. The molecule has 150 valence electrons. The molecule has 8 nitrogen and oxygen atoms in total. The van der Waals surface area contributed by atoms with Crippen LogP contribution in [0.5, 0.6) is 0 Å². The fourth-order valence-corrected chi connectivity index (χ4v) is 3.13. The highest BCUT2D eigenvalue weighted by atomic mass is 32.2. The normalized spacial score (nSPS) is 10.5. The number of thioether (sulfide) groups is 1. The summed E-state index contributed by atoms with van der Waals surface area (Å²) in [6, 6.07) is 18.7. The van der Waals surface area contributed by atoms with Gasteiger partial charge in [0.05, 0.1) is 0 Å². The van der Waals surface area contributed by atoms with Crippen LogP contribution in [0.3, 0.4) is 0 Å². The van der Waals surface area contributed by atoms with E-state index in [0.29, 0.717) is 17.9 Å². The van der Waals surface area contributed by atoms with E-state index in [1.807, 2.05) is 36.4 Å². The van der Waals surface area contributed by atoms with E-state index in [1.54, 1.807) is 36.0 Å². The number of hydrogen-bond donors (Lipinski definition) is 1. The highest BCUT2D eigenvalue weighted by molar-refractivity contribution is 7.99. The fourth-order valence-electron chi connectivity index (χ4n) is 2.34. The maximum atomic E-state index is 11.9. The van der Waals surface area contributed by atoms with Crippen molar-refractivity contribution in [3.8, 4) is 11.5 Å². The smallest absolute Gasteiger partial charge is 0.437 e. The molecule has 0 aliphatic heterocycles. The van der Waals surface area contributed by atoms with Crippen LogP contribution in [0.1, 0.15) is 0 Å². The van der Waals surface area contributed by atoms with Gasteiger partial charge in [-0.1, -0.05) is 36.4 Å². The summed E-state index contributed by atoms with van der Waals surface area (Å²) < 4.78 is 10.8. The number of carbonyl (C=O) groups excluding carboxylic acids is 2. The van der Waals surface area contributed by atoms with Crippen LogP contribution < -0.4 is 11.1 Å². The maximum Gasteiger partial charge on any atom is 0.437 e. The third-order valence-corrected chi connectivity index (χ3v) is 4.72. The van der Waals surface area contributed by atoms with Gasteiger partial charge in [0.25, 0.3) is 5.91 Å². The quantitative estimate of drug-likeness (QED) is 0.325. The van der Waals surface area contributed by atoms with Crippen LogP contribution in [-0.4, -0.2) is 40.6 Å². The van der Waals surface area contributed by atoms with E-state index in [2.05, 4.69) is 10.4 Å². The first-order valence-electron chi connectivity index (χ1n) is 8.85. The summed E-state index contributed by atoms with van der Waals surface area (Å²) in [6.45, 7) is -0.418. The van der Waals surface area contributed by atoms with Gasteiger partial charge in [-0.05, 0) is 24.3 Å². The Hall–Kier alpha value is -3.33. The summed E-state index contributed by atoms with van der Waals surface area (Å²) in [5.41, 5.74) is 0.615. The second kappa shape index (κ2) is 10.3. The highest BCUT2D eigenvalue weighted by Gasteiger charge is 2.14. The van der Waals surface area contributed by atoms with E-state index in [0.717, 1.165) is 9.58 Å². The molecule has 9 heteroatoms. The first-order valence-corrected chi connectivity index (χ1v) is 9.84. The van der Waals surface area contributed by atoms with Crippen LogP contribution in [0.2, 0.25) is 0 Å². The Labute approximate surface area is 170 Å². The molecule has 1 aromatic heterocycles. The van der Waals surface area contributed by atoms with E-state index in [9.17, 15) is 14.4 Å². The van der Waals surface area contributed by atoms with Gasteiger partial charge < -0.3 is 14.5 Å². The van der Waals surface area contributed by atoms with Crippen molar-refractivity contribution in [2.24, 2.45) is 0 Å². The molecule has 2 aromatic carbocycles. The molecule has 3 rings (SSSR count). The third kappa shape index (κ3) is 6.35. The van der Waals surface area contributed by atoms with Gasteiger partial charge in [-0.2, -0.15) is 4.68 Å². The molecule has 0 bridgehead atoms. The van der Waals surface area contributed by atoms with Crippen LogP contribution in [0.15, 0.2) is 74.8 Å². The number of esters is 1. The summed E-state index contributed by atoms with van der Waals surface area (Å²) in [5, 5.41) is 6.64. The zero-order chi connectivity index (χ0) is 20.5. The number of amides is 1. The van der Waals surface area contributed by atoms with Gasteiger partial charge in [-0.3, -0.25) is 9.59 Å². The van der Waals surface area contributed by atoms with Crippen molar-refractivity contribution in [2.45, 2.75) is 11.4 Å². The molecule has 1 heterocycles. The first kappa shape index (κ1) is 20.4. The molecule has 0 aliphatic carbocycles. The Balaban J connectivity index is 1.39. The minimum atomic E-state index is -0.775. The van der Waals surface area contributed by atoms with Crippen molar-refractivity contribution in [1.29, 1.82) is 0 Å². The van der Waals surface area contributed by atoms with E-state index in [4.69, 9.17) is 9.15 Å². The zero-order valence-corrected chi connectivity index (χ0v) is 16.3. The molecule has 1 amide bonds. The molecule has 0 atom stereocenters. The van der Waals surface area contributed by atoms with Gasteiger partial charge in [-0.25, -0.2) is 4.79 Å². The molecular weight excluding hydrogens is 394 g/mol. The average molecular weight is 413 g/mol. The number of benzene rings is 2. The van der Waals surface area contributed by atoms with Crippen molar-refractivity contribution in [3.05, 3.63) is 71.2 Å². The number of nitrogens with one attached hydrogen (secondary N) is 1. The second-order valence-corrected chi connectivity index (χ2v) is 7.04. The molecule has 0 unspecified atom stereocenters. The molecule has 0 saturated heterocycles. The van der Waals surface area contributed by atoms with Crippen molar-refractivity contribution in [3.63, 3.8) is 0 Å². The monoisotopic (exact) mass is 413 g/mol. The third-order valence-electron chi connectivity index (χ3n) is 3.71. The largest absolute Gasteiger partial charge is 0.454 e. The number of aromatic nitrogens is 2. The Bertz CT molecular complexity index is 1000. The lowest BCUT2D eigenvalue weighted by Gasteiger charge is -2.06. The van der Waals surface area contributed by atoms with Crippen LogP contribution in [0.4, 0.5) is 0 Å². The first-order chi connectivity index (χ1) is 14.1. The standard InChI is InChI=1S/C20H19N3O5S/c24-17(21-11-12-29-16-9-5-2-6-10-16)14-27-18(25)13-23-20(26)28-19(22-23)15-7-3-1-4-8-15/h1-10H,11-14H2,(H,21,24). The molecule has 29 heavy (non-hydrogen) atoms. The highest BCUT2D eigenvalue weighted by Crippen LogP contribution is 2.15. The molecule has 1 N–H and O–H groups in total. The topological polar surface area (TPSA) is 103 Å². The van der Waals surface area contributed by atoms with E-state index in [-0.39, 0.29) is 5.89 Å². The van der Waals surface area contributed by atoms with Gasteiger partial charge in [0, 0.05) is 22.8 Å². The number of ether oxygens (including phenoxy) is 1. The SMILES string of the molecule is O=C(COC(=O)Cn1nc(-c2ccccc2)oc1=O)NCCSc1ccccc1. The minimum absolute atomic E-state index is 0.108. The number of carbonyl (C=O) groups is 2. The summed E-state index contributed by atoms with van der Waals surface area (Å²) in [6.07, 6.45) is 0. The van der Waals surface area contributed by atoms with Crippen molar-refractivity contribution < 1.29 is 18.7 Å². The maximum absolute atomic E-state index is 11.9. The van der Waals surface area contributed by atoms with Crippen LogP contribution in [0, 0.1) is 0 Å². The van der Waals surface area contributed by atoms with E-state index < -0.39 is 30.8 Å². The van der Waals surface area contributed by atoms with Gasteiger partial charge in [0.2, 0.25) is 5.89 Å². The van der Waals surface area contributed by atoms with Gasteiger partial charge in [0.1, 0.15) is 6.54 Å². The Kier molecular flexibility index (Phi) is 7.23. The Morgan fingerprint density at radius 3 is 2.48 bits per heavy atom. The molecule has 0 spiro atoms. The van der Waals surface area contributed by atoms with E-state index in [1.165, 1.54) is 0 Å². The van der Waals surface area contributed by atoms with Gasteiger partial charge >= 0.3 is 11.7 Å². The molecule has 3 aromatic rings. The Morgan fingerprint density at radius 1 is 1.07 bits per heavy atom. The van der Waals surface area contributed by atoms with Crippen LogP contribution in [-0.2, 0) is 20.9 Å². The minimum Gasteiger partial charge on any atom is -0.454 e.